The Labute approximate surface area is 131 Å². The van der Waals surface area contributed by atoms with Crippen LogP contribution in [-0.4, -0.2) is 5.91 Å². The van der Waals surface area contributed by atoms with Gasteiger partial charge in [-0.25, -0.2) is 4.39 Å². The Bertz CT molecular complexity index is 673. The minimum absolute atomic E-state index is 0.151. The van der Waals surface area contributed by atoms with Crippen molar-refractivity contribution in [2.75, 3.05) is 11.1 Å². The number of nitrogen functional groups attached to an aromatic ring is 1. The van der Waals surface area contributed by atoms with Gasteiger partial charge in [-0.05, 0) is 64.7 Å². The summed E-state index contributed by atoms with van der Waals surface area (Å²) >= 11 is 3.11. The minimum Gasteiger partial charge on any atom is -0.399 e. The first-order chi connectivity index (χ1) is 9.95. The molecule has 0 aliphatic heterocycles. The smallest absolute Gasteiger partial charge is 0.224 e. The second kappa shape index (κ2) is 6.72. The molecule has 0 radical (unpaired) electrons. The van der Waals surface area contributed by atoms with E-state index in [2.05, 4.69) is 21.2 Å². The van der Waals surface area contributed by atoms with Gasteiger partial charge in [0, 0.05) is 17.8 Å². The summed E-state index contributed by atoms with van der Waals surface area (Å²) in [6.07, 6.45) is 0.912. The molecule has 3 nitrogen and oxygen atoms in total. The molecule has 110 valence electrons. The Morgan fingerprint density at radius 1 is 1.33 bits per heavy atom. The van der Waals surface area contributed by atoms with E-state index in [0.29, 0.717) is 28.7 Å². The Kier molecular flexibility index (Phi) is 4.96. The normalized spacial score (nSPS) is 10.4. The van der Waals surface area contributed by atoms with Crippen molar-refractivity contribution in [2.24, 2.45) is 0 Å². The van der Waals surface area contributed by atoms with Crippen molar-refractivity contribution >= 4 is 33.2 Å². The molecule has 0 saturated heterocycles. The highest BCUT2D eigenvalue weighted by Crippen LogP contribution is 2.24. The number of carbonyl (C=O) groups excluding carboxylic acids is 1. The molecule has 0 atom stereocenters. The first kappa shape index (κ1) is 15.5. The van der Waals surface area contributed by atoms with Crippen LogP contribution in [-0.2, 0) is 11.2 Å². The summed E-state index contributed by atoms with van der Waals surface area (Å²) in [6, 6.07) is 10.4. The van der Waals surface area contributed by atoms with E-state index in [0.717, 1.165) is 11.1 Å². The van der Waals surface area contributed by atoms with Gasteiger partial charge in [0.2, 0.25) is 5.91 Å². The molecule has 1 amide bonds. The average Bonchev–Trinajstić information content (AvgIpc) is 2.43. The highest BCUT2D eigenvalue weighted by Gasteiger charge is 2.09. The molecule has 0 aliphatic rings. The van der Waals surface area contributed by atoms with Crippen LogP contribution in [0.25, 0.3) is 0 Å². The number of anilines is 2. The third-order valence-corrected chi connectivity index (χ3v) is 3.74. The van der Waals surface area contributed by atoms with Gasteiger partial charge >= 0.3 is 0 Å². The van der Waals surface area contributed by atoms with Crippen LogP contribution in [0.4, 0.5) is 15.8 Å². The summed E-state index contributed by atoms with van der Waals surface area (Å²) in [5, 5.41) is 2.73. The van der Waals surface area contributed by atoms with Gasteiger partial charge in [0.05, 0.1) is 4.47 Å². The number of amides is 1. The van der Waals surface area contributed by atoms with Crippen LogP contribution in [0.5, 0.6) is 0 Å². The highest BCUT2D eigenvalue weighted by molar-refractivity contribution is 9.10. The maximum Gasteiger partial charge on any atom is 0.224 e. The van der Waals surface area contributed by atoms with E-state index >= 15 is 0 Å². The van der Waals surface area contributed by atoms with E-state index in [1.807, 2.05) is 25.1 Å². The molecule has 2 rings (SSSR count). The van der Waals surface area contributed by atoms with Gasteiger partial charge in [-0.1, -0.05) is 12.1 Å². The zero-order valence-corrected chi connectivity index (χ0v) is 13.2. The Hall–Kier alpha value is -1.88. The molecular weight excluding hydrogens is 335 g/mol. The van der Waals surface area contributed by atoms with E-state index in [-0.39, 0.29) is 5.91 Å². The molecule has 5 heteroatoms. The number of aryl methyl sites for hydroxylation is 2. The lowest BCUT2D eigenvalue weighted by Crippen LogP contribution is -2.13. The average molecular weight is 351 g/mol. The number of carbonyl (C=O) groups is 1. The predicted octanol–water partition coefficient (Wildman–Crippen LogP) is 4.05. The lowest BCUT2D eigenvalue weighted by atomic mass is 10.1. The lowest BCUT2D eigenvalue weighted by molar-refractivity contribution is -0.116. The van der Waals surface area contributed by atoms with Crippen molar-refractivity contribution in [1.29, 1.82) is 0 Å². The first-order valence-corrected chi connectivity index (χ1v) is 7.35. The van der Waals surface area contributed by atoms with Gasteiger partial charge in [0.15, 0.2) is 0 Å². The zero-order valence-electron chi connectivity index (χ0n) is 11.6. The van der Waals surface area contributed by atoms with Crippen molar-refractivity contribution in [1.82, 2.24) is 0 Å². The second-order valence-corrected chi connectivity index (χ2v) is 5.73. The topological polar surface area (TPSA) is 55.1 Å². The fourth-order valence-electron chi connectivity index (χ4n) is 2.00. The van der Waals surface area contributed by atoms with E-state index < -0.39 is 5.82 Å². The molecule has 2 aromatic carbocycles. The number of hydrogen-bond acceptors (Lipinski definition) is 2. The minimum atomic E-state index is -0.397. The van der Waals surface area contributed by atoms with Crippen molar-refractivity contribution in [3.8, 4) is 0 Å². The van der Waals surface area contributed by atoms with Crippen molar-refractivity contribution < 1.29 is 9.18 Å². The van der Waals surface area contributed by atoms with Crippen molar-refractivity contribution in [3.63, 3.8) is 0 Å². The van der Waals surface area contributed by atoms with Crippen molar-refractivity contribution in [3.05, 3.63) is 57.8 Å². The van der Waals surface area contributed by atoms with Crippen LogP contribution in [0.3, 0.4) is 0 Å². The monoisotopic (exact) mass is 350 g/mol. The predicted molar refractivity (Wildman–Crippen MR) is 86.6 cm³/mol. The van der Waals surface area contributed by atoms with Gasteiger partial charge in [0.1, 0.15) is 5.82 Å². The number of hydrogen-bond donors (Lipinski definition) is 2. The molecule has 0 heterocycles. The van der Waals surface area contributed by atoms with Gasteiger partial charge in [-0.15, -0.1) is 0 Å². The Balaban J connectivity index is 1.97. The molecular formula is C16H16BrFN2O. The molecule has 0 spiro atoms. The van der Waals surface area contributed by atoms with E-state index in [9.17, 15) is 9.18 Å². The maximum atomic E-state index is 13.5. The van der Waals surface area contributed by atoms with E-state index in [1.165, 1.54) is 6.07 Å². The lowest BCUT2D eigenvalue weighted by Gasteiger charge is -2.09. The summed E-state index contributed by atoms with van der Waals surface area (Å²) in [7, 11) is 0. The summed E-state index contributed by atoms with van der Waals surface area (Å²) < 4.78 is 13.9. The van der Waals surface area contributed by atoms with Crippen LogP contribution in [0.1, 0.15) is 17.5 Å². The number of nitrogens with one attached hydrogen (secondary N) is 1. The van der Waals surface area contributed by atoms with Gasteiger partial charge in [0.25, 0.3) is 0 Å². The Morgan fingerprint density at radius 2 is 2.10 bits per heavy atom. The van der Waals surface area contributed by atoms with Crippen LogP contribution in [0, 0.1) is 12.7 Å². The second-order valence-electron chi connectivity index (χ2n) is 4.87. The van der Waals surface area contributed by atoms with Crippen LogP contribution in [0.15, 0.2) is 40.9 Å². The molecule has 0 aromatic heterocycles. The van der Waals surface area contributed by atoms with Gasteiger partial charge in [-0.3, -0.25) is 4.79 Å². The van der Waals surface area contributed by atoms with Gasteiger partial charge < -0.3 is 11.1 Å². The maximum absolute atomic E-state index is 13.5. The first-order valence-electron chi connectivity index (χ1n) is 6.55. The largest absolute Gasteiger partial charge is 0.399 e. The van der Waals surface area contributed by atoms with Crippen molar-refractivity contribution in [2.45, 2.75) is 19.8 Å². The molecule has 3 N–H and O–H groups in total. The zero-order chi connectivity index (χ0) is 15.4. The van der Waals surface area contributed by atoms with E-state index in [1.54, 1.807) is 12.1 Å². The third kappa shape index (κ3) is 4.29. The van der Waals surface area contributed by atoms with Gasteiger partial charge in [-0.2, -0.15) is 0 Å². The van der Waals surface area contributed by atoms with E-state index in [4.69, 9.17) is 5.73 Å². The SMILES string of the molecule is Cc1cc(Br)c(F)cc1NC(=O)CCc1cccc(N)c1. The quantitative estimate of drug-likeness (QED) is 0.817. The number of rotatable bonds is 4. The summed E-state index contributed by atoms with van der Waals surface area (Å²) in [4.78, 5) is 11.9. The summed E-state index contributed by atoms with van der Waals surface area (Å²) in [6.45, 7) is 1.82. The molecule has 0 bridgehead atoms. The fourth-order valence-corrected chi connectivity index (χ4v) is 2.46. The molecule has 0 saturated carbocycles. The fraction of sp³-hybridized carbons (Fsp3) is 0.188. The number of halogens is 2. The van der Waals surface area contributed by atoms with Crippen LogP contribution in [0.2, 0.25) is 0 Å². The molecule has 0 aliphatic carbocycles. The highest BCUT2D eigenvalue weighted by atomic mass is 79.9. The summed E-state index contributed by atoms with van der Waals surface area (Å²) in [5.41, 5.74) is 8.68. The number of nitrogens with two attached hydrogens (primary N) is 1. The van der Waals surface area contributed by atoms with Crippen LogP contribution >= 0.6 is 15.9 Å². The summed E-state index contributed by atoms with van der Waals surface area (Å²) in [5.74, 6) is -0.547. The third-order valence-electron chi connectivity index (χ3n) is 3.13. The standard InChI is InChI=1S/C16H16BrFN2O/c1-10-7-13(17)14(18)9-15(10)20-16(21)6-5-11-3-2-4-12(19)8-11/h2-4,7-9H,5-6,19H2,1H3,(H,20,21). The molecule has 2 aromatic rings. The Morgan fingerprint density at radius 3 is 2.81 bits per heavy atom. The molecule has 21 heavy (non-hydrogen) atoms. The number of benzene rings is 2. The molecule has 0 fully saturated rings. The van der Waals surface area contributed by atoms with Crippen LogP contribution < -0.4 is 11.1 Å². The molecule has 0 unspecified atom stereocenters.